The van der Waals surface area contributed by atoms with Crippen molar-refractivity contribution in [2.24, 2.45) is 4.99 Å². The van der Waals surface area contributed by atoms with Crippen LogP contribution in [0.3, 0.4) is 0 Å². The number of benzene rings is 3. The Morgan fingerprint density at radius 3 is 2.33 bits per heavy atom. The van der Waals surface area contributed by atoms with Crippen LogP contribution in [0.25, 0.3) is 6.08 Å². The average Bonchev–Trinajstić information content (AvgIpc) is 3.26. The molecule has 3 aromatic carbocycles. The Kier molecular flexibility index (Phi) is 8.12. The molecule has 7 nitrogen and oxygen atoms in total. The maximum atomic E-state index is 13.8. The van der Waals surface area contributed by atoms with Crippen molar-refractivity contribution in [2.45, 2.75) is 19.6 Å². The Hall–Kier alpha value is -3.85. The second-order valence-corrected chi connectivity index (χ2v) is 10.8. The number of allylic oxidation sites excluding steroid dienone is 1. The van der Waals surface area contributed by atoms with Crippen molar-refractivity contribution in [3.63, 3.8) is 0 Å². The predicted octanol–water partition coefficient (Wildman–Crippen LogP) is 5.30. The molecular formula is C30H24Cl2N2O5S. The summed E-state index contributed by atoms with van der Waals surface area (Å²) in [6.45, 7) is 2.08. The largest absolute Gasteiger partial charge is 0.493 e. The highest BCUT2D eigenvalue weighted by Gasteiger charge is 2.33. The minimum atomic E-state index is -0.707. The Labute approximate surface area is 244 Å². The molecule has 2 heterocycles. The van der Waals surface area contributed by atoms with Crippen molar-refractivity contribution in [1.29, 1.82) is 0 Å². The number of hydrogen-bond donors (Lipinski definition) is 0. The summed E-state index contributed by atoms with van der Waals surface area (Å²) in [6.07, 6.45) is 1.77. The predicted molar refractivity (Wildman–Crippen MR) is 156 cm³/mol. The van der Waals surface area contributed by atoms with Gasteiger partial charge in [0.1, 0.15) is 6.61 Å². The number of esters is 1. The van der Waals surface area contributed by atoms with E-state index < -0.39 is 12.0 Å². The van der Waals surface area contributed by atoms with Crippen molar-refractivity contribution in [3.8, 4) is 11.5 Å². The second kappa shape index (κ2) is 11.7. The number of nitrogens with zero attached hydrogens (tertiary/aromatic N) is 2. The number of halogens is 2. The molecule has 0 unspecified atom stereocenters. The molecule has 10 heteroatoms. The lowest BCUT2D eigenvalue weighted by Gasteiger charge is -2.24. The van der Waals surface area contributed by atoms with E-state index in [0.29, 0.717) is 48.8 Å². The van der Waals surface area contributed by atoms with Crippen LogP contribution in [0.2, 0.25) is 10.0 Å². The maximum absolute atomic E-state index is 13.8. The molecule has 0 radical (unpaired) electrons. The number of aromatic nitrogens is 1. The normalized spacial score (nSPS) is 14.9. The molecule has 0 N–H and O–H groups in total. The zero-order chi connectivity index (χ0) is 28.4. The number of carbonyl (C=O) groups excluding carboxylic acids is 1. The van der Waals surface area contributed by atoms with E-state index in [-0.39, 0.29) is 5.56 Å². The van der Waals surface area contributed by atoms with Gasteiger partial charge in [-0.15, -0.1) is 0 Å². The van der Waals surface area contributed by atoms with Crippen molar-refractivity contribution in [1.82, 2.24) is 4.57 Å². The van der Waals surface area contributed by atoms with E-state index in [9.17, 15) is 9.59 Å². The standard InChI is InChI=1S/C30H24Cl2N2O5S/c1-17-26(29(36)38-3)27(20-7-11-22(32)12-8-20)34-28(35)25(40-30(34)33-17)15-19-6-13-23(24(14-19)37-2)39-16-18-4-9-21(31)10-5-18/h4-15,27H,16H2,1-3H3/b25-15-/t27-/m1/s1. The summed E-state index contributed by atoms with van der Waals surface area (Å²) in [6, 6.07) is 19.2. The van der Waals surface area contributed by atoms with Crippen LogP contribution >= 0.6 is 34.5 Å². The van der Waals surface area contributed by atoms with Gasteiger partial charge in [-0.1, -0.05) is 64.9 Å². The summed E-state index contributed by atoms with van der Waals surface area (Å²) < 4.78 is 18.5. The summed E-state index contributed by atoms with van der Waals surface area (Å²) in [5, 5.41) is 1.21. The molecule has 0 amide bonds. The van der Waals surface area contributed by atoms with E-state index in [4.69, 9.17) is 37.4 Å². The quantitative estimate of drug-likeness (QED) is 0.271. The number of ether oxygens (including phenoxy) is 3. The number of carbonyl (C=O) groups is 1. The van der Waals surface area contributed by atoms with Crippen LogP contribution < -0.4 is 24.4 Å². The van der Waals surface area contributed by atoms with Crippen molar-refractivity contribution in [3.05, 3.63) is 124 Å². The fourth-order valence-corrected chi connectivity index (χ4v) is 5.74. The van der Waals surface area contributed by atoms with E-state index >= 15 is 0 Å². The lowest BCUT2D eigenvalue weighted by Crippen LogP contribution is -2.39. The van der Waals surface area contributed by atoms with Crippen LogP contribution in [-0.2, 0) is 16.1 Å². The maximum Gasteiger partial charge on any atom is 0.338 e. The van der Waals surface area contributed by atoms with Crippen LogP contribution in [0.15, 0.2) is 87.8 Å². The minimum Gasteiger partial charge on any atom is -0.493 e. The summed E-state index contributed by atoms with van der Waals surface area (Å²) in [5.41, 5.74) is 2.94. The zero-order valence-corrected chi connectivity index (χ0v) is 24.1. The van der Waals surface area contributed by atoms with Gasteiger partial charge < -0.3 is 14.2 Å². The summed E-state index contributed by atoms with van der Waals surface area (Å²) >= 11 is 13.3. The van der Waals surface area contributed by atoms with E-state index in [1.54, 1.807) is 56.5 Å². The number of thiazole rings is 1. The molecule has 40 heavy (non-hydrogen) atoms. The number of rotatable bonds is 7. The third-order valence-electron chi connectivity index (χ3n) is 6.41. The van der Waals surface area contributed by atoms with Crippen molar-refractivity contribution >= 4 is 46.6 Å². The molecular weight excluding hydrogens is 571 g/mol. The number of methoxy groups -OCH3 is 2. The monoisotopic (exact) mass is 594 g/mol. The molecule has 0 fully saturated rings. The fraction of sp³-hybridized carbons (Fsp3) is 0.167. The van der Waals surface area contributed by atoms with Crippen LogP contribution in [0.4, 0.5) is 0 Å². The highest BCUT2D eigenvalue weighted by molar-refractivity contribution is 7.07. The smallest absolute Gasteiger partial charge is 0.338 e. The van der Waals surface area contributed by atoms with Crippen LogP contribution in [0.1, 0.15) is 29.7 Å². The van der Waals surface area contributed by atoms with Gasteiger partial charge in [0.15, 0.2) is 16.3 Å². The second-order valence-electron chi connectivity index (χ2n) is 8.95. The Bertz CT molecular complexity index is 1790. The van der Waals surface area contributed by atoms with Crippen LogP contribution in [0, 0.1) is 0 Å². The average molecular weight is 596 g/mol. The molecule has 0 spiro atoms. The molecule has 1 aliphatic rings. The molecule has 4 aromatic rings. The van der Waals surface area contributed by atoms with Gasteiger partial charge in [-0.05, 0) is 66.1 Å². The molecule has 1 aromatic heterocycles. The van der Waals surface area contributed by atoms with E-state index in [1.807, 2.05) is 30.3 Å². The molecule has 5 rings (SSSR count). The van der Waals surface area contributed by atoms with Gasteiger partial charge in [0.05, 0.1) is 36.1 Å². The van der Waals surface area contributed by atoms with Gasteiger partial charge >= 0.3 is 5.97 Å². The summed E-state index contributed by atoms with van der Waals surface area (Å²) in [7, 11) is 2.87. The SMILES string of the molecule is COC(=O)C1=C(C)N=c2s/c(=C\c3ccc(OCc4ccc(Cl)cc4)c(OC)c3)c(=O)n2[C@@H]1c1ccc(Cl)cc1. The summed E-state index contributed by atoms with van der Waals surface area (Å²) in [4.78, 5) is 31.6. The first-order valence-corrected chi connectivity index (χ1v) is 13.8. The molecule has 0 bridgehead atoms. The van der Waals surface area contributed by atoms with E-state index in [0.717, 1.165) is 16.7 Å². The Balaban J connectivity index is 1.53. The van der Waals surface area contributed by atoms with Gasteiger partial charge in [-0.2, -0.15) is 0 Å². The molecule has 1 atom stereocenters. The van der Waals surface area contributed by atoms with Gasteiger partial charge in [-0.3, -0.25) is 9.36 Å². The fourth-order valence-electron chi connectivity index (χ4n) is 4.44. The first-order chi connectivity index (χ1) is 19.3. The molecule has 0 saturated heterocycles. The van der Waals surface area contributed by atoms with Crippen LogP contribution in [0.5, 0.6) is 11.5 Å². The van der Waals surface area contributed by atoms with Crippen LogP contribution in [-0.4, -0.2) is 24.8 Å². The van der Waals surface area contributed by atoms with Gasteiger partial charge in [-0.25, -0.2) is 9.79 Å². The third-order valence-corrected chi connectivity index (χ3v) is 7.89. The molecule has 204 valence electrons. The minimum absolute atomic E-state index is 0.278. The van der Waals surface area contributed by atoms with Crippen molar-refractivity contribution < 1.29 is 19.0 Å². The Morgan fingerprint density at radius 1 is 1.00 bits per heavy atom. The van der Waals surface area contributed by atoms with Crippen molar-refractivity contribution in [2.75, 3.05) is 14.2 Å². The third kappa shape index (κ3) is 5.56. The number of hydrogen-bond acceptors (Lipinski definition) is 7. The molecule has 1 aliphatic heterocycles. The Morgan fingerprint density at radius 2 is 1.68 bits per heavy atom. The zero-order valence-electron chi connectivity index (χ0n) is 21.8. The van der Waals surface area contributed by atoms with Gasteiger partial charge in [0.2, 0.25) is 0 Å². The topological polar surface area (TPSA) is 79.1 Å². The molecule has 0 saturated carbocycles. The first kappa shape index (κ1) is 27.7. The highest BCUT2D eigenvalue weighted by atomic mass is 35.5. The highest BCUT2D eigenvalue weighted by Crippen LogP contribution is 2.32. The first-order valence-electron chi connectivity index (χ1n) is 12.2. The van der Waals surface area contributed by atoms with Gasteiger partial charge in [0.25, 0.3) is 5.56 Å². The van der Waals surface area contributed by atoms with E-state index in [1.165, 1.54) is 23.0 Å². The number of fused-ring (bicyclic) bond motifs is 1. The molecule has 0 aliphatic carbocycles. The van der Waals surface area contributed by atoms with Gasteiger partial charge in [0, 0.05) is 10.0 Å². The summed E-state index contributed by atoms with van der Waals surface area (Å²) in [5.74, 6) is 0.546. The lowest BCUT2D eigenvalue weighted by molar-refractivity contribution is -0.136. The lowest BCUT2D eigenvalue weighted by atomic mass is 9.96. The van der Waals surface area contributed by atoms with E-state index in [2.05, 4.69) is 4.99 Å².